The smallest absolute Gasteiger partial charge is 0.321 e. The lowest BCUT2D eigenvalue weighted by atomic mass is 10.0. The van der Waals surface area contributed by atoms with Gasteiger partial charge in [0.2, 0.25) is 5.91 Å². The molecule has 0 aliphatic carbocycles. The van der Waals surface area contributed by atoms with Crippen molar-refractivity contribution in [2.75, 3.05) is 33.2 Å². The molecule has 1 rings (SSSR count). The van der Waals surface area contributed by atoms with Gasteiger partial charge < -0.3 is 16.6 Å². The Hall–Kier alpha value is -1.51. The summed E-state index contributed by atoms with van der Waals surface area (Å²) in [6.07, 6.45) is 41.3. The van der Waals surface area contributed by atoms with Crippen LogP contribution in [0.15, 0.2) is 0 Å². The molecule has 0 aromatic rings. The van der Waals surface area contributed by atoms with E-state index in [2.05, 4.69) is 31.4 Å². The Labute approximate surface area is 349 Å². The van der Waals surface area contributed by atoms with Crippen LogP contribution in [0, 0.1) is 0 Å². The van der Waals surface area contributed by atoms with E-state index in [1.165, 1.54) is 180 Å². The number of carboxylic acid groups (broad SMARTS) is 1. The third-order valence-corrected chi connectivity index (χ3v) is 11.3. The molecule has 1 heterocycles. The molecule has 0 aromatic heterocycles. The first-order chi connectivity index (χ1) is 26.8. The van der Waals surface area contributed by atoms with E-state index in [0.717, 1.165) is 58.3 Å². The van der Waals surface area contributed by atoms with Crippen LogP contribution in [0.4, 0.5) is 0 Å². The first-order valence-corrected chi connectivity index (χ1v) is 23.9. The summed E-state index contributed by atoms with van der Waals surface area (Å²) in [4.78, 5) is 39.1. The number of ketones is 1. The van der Waals surface area contributed by atoms with Crippen molar-refractivity contribution < 1.29 is 19.5 Å². The van der Waals surface area contributed by atoms with Crippen LogP contribution in [-0.2, 0) is 14.4 Å². The Morgan fingerprint density at radius 2 is 0.911 bits per heavy atom. The van der Waals surface area contributed by atoms with Crippen LogP contribution in [0.3, 0.4) is 0 Å². The summed E-state index contributed by atoms with van der Waals surface area (Å²) < 4.78 is 0. The number of hydrogen-bond acceptors (Lipinski definition) is 6. The molecular formula is C48H100N4O4. The zero-order valence-corrected chi connectivity index (χ0v) is 37.5. The maximum absolute atomic E-state index is 11.8. The van der Waals surface area contributed by atoms with Gasteiger partial charge in [0.15, 0.2) is 0 Å². The zero-order chi connectivity index (χ0) is 41.2. The number of Topliss-reactive ketones (excluding diaryl/α,β-unsaturated/α-hetero) is 1. The van der Waals surface area contributed by atoms with Gasteiger partial charge in [-0.15, -0.1) is 0 Å². The van der Waals surface area contributed by atoms with E-state index < -0.39 is 17.9 Å². The van der Waals surface area contributed by atoms with Crippen LogP contribution < -0.4 is 11.5 Å². The minimum atomic E-state index is -0.923. The highest BCUT2D eigenvalue weighted by Gasteiger charge is 2.28. The Kier molecular flexibility index (Phi) is 48.5. The van der Waals surface area contributed by atoms with E-state index in [-0.39, 0.29) is 19.9 Å². The Morgan fingerprint density at radius 1 is 0.589 bits per heavy atom. The summed E-state index contributed by atoms with van der Waals surface area (Å²) >= 11 is 0. The fraction of sp³-hybridized carbons (Fsp3) is 0.938. The van der Waals surface area contributed by atoms with Gasteiger partial charge in [0, 0.05) is 0 Å². The van der Waals surface area contributed by atoms with Gasteiger partial charge in [-0.1, -0.05) is 202 Å². The number of amides is 1. The van der Waals surface area contributed by atoms with Crippen molar-refractivity contribution >= 4 is 17.7 Å². The molecule has 2 unspecified atom stereocenters. The molecule has 8 heteroatoms. The number of carbonyl (C=O) groups is 3. The minimum absolute atomic E-state index is 0. The Balaban J connectivity index is -0.00000104. The topological polar surface area (TPSA) is 130 Å². The molecule has 336 valence electrons. The number of likely N-dealkylation sites (tertiary alicyclic amines) is 1. The quantitative estimate of drug-likeness (QED) is 0.0530. The number of primary amides is 1. The number of unbranched alkanes of at least 4 members (excludes halogenated alkanes) is 27. The number of carboxylic acids is 1. The summed E-state index contributed by atoms with van der Waals surface area (Å²) in [6, 6.07) is -0.534. The molecule has 1 fully saturated rings. The maximum atomic E-state index is 11.8. The maximum Gasteiger partial charge on any atom is 0.321 e. The Bertz CT molecular complexity index is 818. The molecular weight excluding hydrogens is 697 g/mol. The predicted molar refractivity (Wildman–Crippen MR) is 244 cm³/mol. The van der Waals surface area contributed by atoms with Crippen LogP contribution in [0.2, 0.25) is 0 Å². The number of nitrogens with zero attached hydrogens (tertiary/aromatic N) is 2. The second-order valence-corrected chi connectivity index (χ2v) is 16.4. The molecule has 8 nitrogen and oxygen atoms in total. The largest absolute Gasteiger partial charge is 0.480 e. The SMILES string of the molecule is C.CCCCCCCCCCCCN(CCCCCCCCCCCC)C(CC(N)=O)C(=O)O.CCCCCCCCCCCCN1CCCC1C(C)=O.CN. The molecule has 56 heavy (non-hydrogen) atoms. The first-order valence-electron chi connectivity index (χ1n) is 23.9. The van der Waals surface area contributed by atoms with Gasteiger partial charge in [0.05, 0.1) is 12.5 Å². The van der Waals surface area contributed by atoms with Gasteiger partial charge in [-0.3, -0.25) is 24.2 Å². The summed E-state index contributed by atoms with van der Waals surface area (Å²) in [5.74, 6) is -1.08. The molecule has 1 saturated heterocycles. The lowest BCUT2D eigenvalue weighted by Gasteiger charge is -2.28. The van der Waals surface area contributed by atoms with E-state index in [4.69, 9.17) is 5.73 Å². The fourth-order valence-electron chi connectivity index (χ4n) is 7.95. The molecule has 0 radical (unpaired) electrons. The molecule has 2 atom stereocenters. The van der Waals surface area contributed by atoms with Crippen molar-refractivity contribution in [3.05, 3.63) is 0 Å². The average Bonchev–Trinajstić information content (AvgIpc) is 3.65. The van der Waals surface area contributed by atoms with Crippen LogP contribution >= 0.6 is 0 Å². The van der Waals surface area contributed by atoms with Crippen molar-refractivity contribution in [3.63, 3.8) is 0 Å². The molecule has 0 spiro atoms. The number of hydrogen-bond donors (Lipinski definition) is 3. The Morgan fingerprint density at radius 3 is 1.21 bits per heavy atom. The molecule has 1 amide bonds. The summed E-state index contributed by atoms with van der Waals surface area (Å²) in [5.41, 5.74) is 9.85. The van der Waals surface area contributed by atoms with Crippen molar-refractivity contribution in [1.29, 1.82) is 0 Å². The van der Waals surface area contributed by atoms with Gasteiger partial charge in [0.25, 0.3) is 0 Å². The lowest BCUT2D eigenvalue weighted by Crippen LogP contribution is -2.44. The zero-order valence-electron chi connectivity index (χ0n) is 37.5. The normalized spacial score (nSPS) is 14.4. The predicted octanol–water partition coefficient (Wildman–Crippen LogP) is 12.6. The highest BCUT2D eigenvalue weighted by Crippen LogP contribution is 2.20. The molecule has 0 saturated carbocycles. The van der Waals surface area contributed by atoms with Gasteiger partial charge in [0.1, 0.15) is 11.8 Å². The molecule has 0 bridgehead atoms. The first kappa shape index (κ1) is 58.8. The number of rotatable bonds is 38. The molecule has 5 N–H and O–H groups in total. The van der Waals surface area contributed by atoms with E-state index in [9.17, 15) is 19.5 Å². The third kappa shape index (κ3) is 38.0. The van der Waals surface area contributed by atoms with E-state index >= 15 is 0 Å². The number of carbonyl (C=O) groups excluding carboxylic acids is 2. The monoisotopic (exact) mass is 797 g/mol. The number of aliphatic carboxylic acids is 1. The summed E-state index contributed by atoms with van der Waals surface area (Å²) in [6.45, 7) is 12.3. The van der Waals surface area contributed by atoms with E-state index in [1.54, 1.807) is 6.92 Å². The standard InChI is InChI=1S/C28H56N2O3.C18H35NO.CH5N.CH4/c1-3-5-7-9-11-13-15-17-19-21-23-30(26(28(32)33)25-27(29)31)24-22-20-18-16-14-12-10-8-6-4-2;1-3-4-5-6-7-8-9-10-11-12-15-19-16-13-14-18(19)17(2)20;1-2;/h26H,3-25H2,1-2H3,(H2,29,31)(H,32,33);18H,3-16H2,1-2H3;2H2,1H3;1H4. The average molecular weight is 797 g/mol. The number of nitrogens with two attached hydrogens (primary N) is 2. The van der Waals surface area contributed by atoms with Crippen LogP contribution in [0.5, 0.6) is 0 Å². The second kappa shape index (κ2) is 46.2. The molecule has 1 aliphatic rings. The summed E-state index contributed by atoms with van der Waals surface area (Å²) in [5, 5.41) is 9.67. The van der Waals surface area contributed by atoms with Crippen molar-refractivity contribution in [2.24, 2.45) is 11.5 Å². The van der Waals surface area contributed by atoms with Crippen molar-refractivity contribution in [3.8, 4) is 0 Å². The molecule has 1 aliphatic heterocycles. The van der Waals surface area contributed by atoms with Crippen molar-refractivity contribution in [1.82, 2.24) is 9.80 Å². The summed E-state index contributed by atoms with van der Waals surface area (Å²) in [7, 11) is 1.50. The van der Waals surface area contributed by atoms with E-state index in [1.807, 2.05) is 4.90 Å². The minimum Gasteiger partial charge on any atom is -0.480 e. The van der Waals surface area contributed by atoms with E-state index in [0.29, 0.717) is 5.78 Å². The fourth-order valence-corrected chi connectivity index (χ4v) is 7.95. The van der Waals surface area contributed by atoms with Gasteiger partial charge in [-0.2, -0.15) is 0 Å². The molecule has 0 aromatic carbocycles. The van der Waals surface area contributed by atoms with Crippen molar-refractivity contribution in [2.45, 2.75) is 259 Å². The van der Waals surface area contributed by atoms with Crippen LogP contribution in [0.25, 0.3) is 0 Å². The van der Waals surface area contributed by atoms with Gasteiger partial charge in [-0.05, 0) is 72.3 Å². The van der Waals surface area contributed by atoms with Gasteiger partial charge in [-0.25, -0.2) is 0 Å². The van der Waals surface area contributed by atoms with Crippen LogP contribution in [0.1, 0.15) is 247 Å². The van der Waals surface area contributed by atoms with Crippen LogP contribution in [-0.4, -0.2) is 77.9 Å². The third-order valence-electron chi connectivity index (χ3n) is 11.3. The van der Waals surface area contributed by atoms with Gasteiger partial charge >= 0.3 is 5.97 Å². The second-order valence-electron chi connectivity index (χ2n) is 16.4. The lowest BCUT2D eigenvalue weighted by molar-refractivity contribution is -0.145. The highest BCUT2D eigenvalue weighted by molar-refractivity contribution is 5.83. The highest BCUT2D eigenvalue weighted by atomic mass is 16.4.